The van der Waals surface area contributed by atoms with Crippen LogP contribution in [0, 0.1) is 6.92 Å². The Labute approximate surface area is 224 Å². The molecule has 0 radical (unpaired) electrons. The topological polar surface area (TPSA) is 91.6 Å². The number of rotatable bonds is 8. The first-order valence-corrected chi connectivity index (χ1v) is 13.6. The van der Waals surface area contributed by atoms with Gasteiger partial charge in [-0.2, -0.15) is 0 Å². The highest BCUT2D eigenvalue weighted by Gasteiger charge is 2.24. The molecule has 2 aromatic heterocycles. The Morgan fingerprint density at radius 2 is 1.79 bits per heavy atom. The zero-order chi connectivity index (χ0) is 26.8. The summed E-state index contributed by atoms with van der Waals surface area (Å²) in [6, 6.07) is 13.1. The highest BCUT2D eigenvalue weighted by Crippen LogP contribution is 2.34. The number of ether oxygens (including phenoxy) is 2. The number of thiophene rings is 1. The number of benzene rings is 2. The molecule has 1 aliphatic carbocycles. The largest absolute Gasteiger partial charge is 0.493 e. The van der Waals surface area contributed by atoms with E-state index < -0.39 is 5.69 Å². The minimum atomic E-state index is -0.471. The van der Waals surface area contributed by atoms with Gasteiger partial charge in [0.15, 0.2) is 11.5 Å². The molecule has 0 spiro atoms. The third-order valence-electron chi connectivity index (χ3n) is 6.99. The minimum Gasteiger partial charge on any atom is -0.493 e. The number of hydrogen-bond donors (Lipinski definition) is 1. The van der Waals surface area contributed by atoms with Crippen molar-refractivity contribution in [3.63, 3.8) is 0 Å². The van der Waals surface area contributed by atoms with Crippen LogP contribution in [0.25, 0.3) is 10.2 Å². The molecule has 0 fully saturated rings. The van der Waals surface area contributed by atoms with Crippen molar-refractivity contribution < 1.29 is 14.3 Å². The predicted octanol–water partition coefficient (Wildman–Crippen LogP) is 4.31. The highest BCUT2D eigenvalue weighted by molar-refractivity contribution is 7.18. The van der Waals surface area contributed by atoms with Crippen molar-refractivity contribution in [2.45, 2.75) is 52.1 Å². The van der Waals surface area contributed by atoms with Gasteiger partial charge in [0.1, 0.15) is 11.4 Å². The van der Waals surface area contributed by atoms with Crippen molar-refractivity contribution >= 4 is 33.1 Å². The van der Waals surface area contributed by atoms with Crippen LogP contribution in [0.2, 0.25) is 0 Å². The van der Waals surface area contributed by atoms with Crippen molar-refractivity contribution in [1.29, 1.82) is 0 Å². The van der Waals surface area contributed by atoms with Gasteiger partial charge in [-0.05, 0) is 80.0 Å². The Morgan fingerprint density at radius 3 is 2.55 bits per heavy atom. The van der Waals surface area contributed by atoms with E-state index in [2.05, 4.69) is 5.32 Å². The van der Waals surface area contributed by atoms with Crippen molar-refractivity contribution in [2.75, 3.05) is 19.5 Å². The molecule has 0 aliphatic heterocycles. The van der Waals surface area contributed by atoms with Gasteiger partial charge in [-0.25, -0.2) is 4.79 Å². The van der Waals surface area contributed by atoms with E-state index in [1.54, 1.807) is 14.2 Å². The molecule has 1 N–H and O–H groups in total. The molecule has 2 heterocycles. The summed E-state index contributed by atoms with van der Waals surface area (Å²) in [7, 11) is 3.14. The number of carbonyl (C=O) groups excluding carboxylic acids is 1. The van der Waals surface area contributed by atoms with E-state index in [0.717, 1.165) is 47.3 Å². The second-order valence-corrected chi connectivity index (χ2v) is 10.7. The van der Waals surface area contributed by atoms with E-state index in [-0.39, 0.29) is 24.6 Å². The molecule has 1 aliphatic rings. The Bertz CT molecular complexity index is 1630. The van der Waals surface area contributed by atoms with Crippen LogP contribution in [-0.4, -0.2) is 29.3 Å². The van der Waals surface area contributed by atoms with Crippen LogP contribution in [0.1, 0.15) is 34.4 Å². The molecule has 4 aromatic rings. The molecule has 1 amide bonds. The van der Waals surface area contributed by atoms with Crippen LogP contribution in [0.5, 0.6) is 11.5 Å². The van der Waals surface area contributed by atoms with Gasteiger partial charge in [-0.1, -0.05) is 18.2 Å². The van der Waals surface area contributed by atoms with Crippen molar-refractivity contribution in [2.24, 2.45) is 0 Å². The van der Waals surface area contributed by atoms with E-state index >= 15 is 0 Å². The number of nitrogens with one attached hydrogen (secondary N) is 1. The molecule has 198 valence electrons. The molecule has 8 nitrogen and oxygen atoms in total. The molecule has 5 rings (SSSR count). The highest BCUT2D eigenvalue weighted by atomic mass is 32.1. The number of nitrogens with zero attached hydrogens (tertiary/aromatic N) is 2. The van der Waals surface area contributed by atoms with Crippen molar-refractivity contribution in [3.05, 3.63) is 84.9 Å². The average Bonchev–Trinajstić information content (AvgIpc) is 3.30. The Morgan fingerprint density at radius 1 is 1.00 bits per heavy atom. The molecular weight excluding hydrogens is 502 g/mol. The summed E-state index contributed by atoms with van der Waals surface area (Å²) < 4.78 is 13.5. The maximum absolute atomic E-state index is 13.7. The predicted molar refractivity (Wildman–Crippen MR) is 150 cm³/mol. The smallest absolute Gasteiger partial charge is 0.332 e. The van der Waals surface area contributed by atoms with Crippen LogP contribution >= 0.6 is 11.3 Å². The van der Waals surface area contributed by atoms with Crippen molar-refractivity contribution in [1.82, 2.24) is 9.13 Å². The van der Waals surface area contributed by atoms with Gasteiger partial charge in [-0.15, -0.1) is 11.3 Å². The molecule has 0 unspecified atom stereocenters. The summed E-state index contributed by atoms with van der Waals surface area (Å²) in [5.41, 5.74) is 2.89. The molecule has 0 atom stereocenters. The lowest BCUT2D eigenvalue weighted by atomic mass is 9.97. The quantitative estimate of drug-likeness (QED) is 0.365. The molecule has 2 aromatic carbocycles. The number of carbonyl (C=O) groups is 1. The van der Waals surface area contributed by atoms with Gasteiger partial charge >= 0.3 is 5.69 Å². The van der Waals surface area contributed by atoms with E-state index in [4.69, 9.17) is 9.47 Å². The standard InChI is InChI=1S/C29H31N3O5S/c1-18-7-6-8-20(15-18)30-25(33)17-32-28-26(21-9-4-5-10-24(21)38-28)27(34)31(29(32)35)14-13-19-11-12-22(36-2)23(16-19)37-3/h6-8,11-12,15-16H,4-5,9-10,13-14,17H2,1-3H3,(H,30,33). The molecule has 0 bridgehead atoms. The monoisotopic (exact) mass is 533 g/mol. The minimum absolute atomic E-state index is 0.167. The van der Waals surface area contributed by atoms with Crippen LogP contribution in [0.15, 0.2) is 52.1 Å². The molecule has 0 saturated heterocycles. The lowest BCUT2D eigenvalue weighted by Gasteiger charge is -2.14. The van der Waals surface area contributed by atoms with Gasteiger partial charge < -0.3 is 14.8 Å². The SMILES string of the molecule is COc1ccc(CCn2c(=O)c3c4c(sc3n(CC(=O)Nc3cccc(C)c3)c2=O)CCCC4)cc1OC. The first kappa shape index (κ1) is 25.8. The molecular formula is C29H31N3O5S. The van der Waals surface area contributed by atoms with E-state index in [9.17, 15) is 14.4 Å². The van der Waals surface area contributed by atoms with Crippen molar-refractivity contribution in [3.8, 4) is 11.5 Å². The fourth-order valence-electron chi connectivity index (χ4n) is 5.10. The maximum atomic E-state index is 13.7. The fraction of sp³-hybridized carbons (Fsp3) is 0.345. The Kier molecular flexibility index (Phi) is 7.37. The summed E-state index contributed by atoms with van der Waals surface area (Å²) in [5, 5.41) is 3.48. The Balaban J connectivity index is 1.53. The first-order valence-electron chi connectivity index (χ1n) is 12.7. The number of amides is 1. The number of fused-ring (bicyclic) bond motifs is 3. The maximum Gasteiger partial charge on any atom is 0.332 e. The lowest BCUT2D eigenvalue weighted by Crippen LogP contribution is -2.42. The van der Waals surface area contributed by atoms with Gasteiger partial charge in [0.25, 0.3) is 5.56 Å². The van der Waals surface area contributed by atoms with Gasteiger partial charge in [0.05, 0.1) is 19.6 Å². The number of aromatic nitrogens is 2. The van der Waals surface area contributed by atoms with Crippen LogP contribution in [0.3, 0.4) is 0 Å². The molecule has 38 heavy (non-hydrogen) atoms. The number of anilines is 1. The summed E-state index contributed by atoms with van der Waals surface area (Å²) in [6.07, 6.45) is 4.22. The summed E-state index contributed by atoms with van der Waals surface area (Å²) >= 11 is 1.48. The average molecular weight is 534 g/mol. The number of aryl methyl sites for hydroxylation is 4. The summed E-state index contributed by atoms with van der Waals surface area (Å²) in [6.45, 7) is 1.97. The van der Waals surface area contributed by atoms with Crippen LogP contribution in [0.4, 0.5) is 5.69 Å². The first-order chi connectivity index (χ1) is 18.4. The second kappa shape index (κ2) is 10.9. The zero-order valence-corrected chi connectivity index (χ0v) is 22.7. The van der Waals surface area contributed by atoms with Gasteiger partial charge in [-0.3, -0.25) is 18.7 Å². The normalized spacial score (nSPS) is 12.8. The number of methoxy groups -OCH3 is 2. The summed E-state index contributed by atoms with van der Waals surface area (Å²) in [5.74, 6) is 0.891. The van der Waals surface area contributed by atoms with Crippen LogP contribution < -0.4 is 26.0 Å². The lowest BCUT2D eigenvalue weighted by molar-refractivity contribution is -0.116. The van der Waals surface area contributed by atoms with Gasteiger partial charge in [0.2, 0.25) is 5.91 Å². The zero-order valence-electron chi connectivity index (χ0n) is 21.8. The Hall–Kier alpha value is -3.85. The van der Waals surface area contributed by atoms with E-state index in [0.29, 0.717) is 33.8 Å². The van der Waals surface area contributed by atoms with Gasteiger partial charge in [0, 0.05) is 17.1 Å². The van der Waals surface area contributed by atoms with E-state index in [1.807, 2.05) is 49.4 Å². The third-order valence-corrected chi connectivity index (χ3v) is 8.31. The van der Waals surface area contributed by atoms with E-state index in [1.165, 1.54) is 20.5 Å². The fourth-order valence-corrected chi connectivity index (χ4v) is 6.47. The number of hydrogen-bond acceptors (Lipinski definition) is 6. The summed E-state index contributed by atoms with van der Waals surface area (Å²) in [4.78, 5) is 42.2. The molecule has 0 saturated carbocycles. The second-order valence-electron chi connectivity index (χ2n) is 9.57. The third kappa shape index (κ3) is 4.98. The van der Waals surface area contributed by atoms with Crippen LogP contribution in [-0.2, 0) is 37.1 Å². The molecule has 9 heteroatoms.